The van der Waals surface area contributed by atoms with E-state index in [2.05, 4.69) is 16.0 Å². The first kappa shape index (κ1) is 19.0. The number of nitrogens with one attached hydrogen (secondary N) is 3. The van der Waals surface area contributed by atoms with E-state index < -0.39 is 6.04 Å². The number of carbonyl (C=O) groups is 3. The quantitative estimate of drug-likeness (QED) is 0.741. The molecule has 1 aromatic rings. The second-order valence-corrected chi connectivity index (χ2v) is 6.93. The van der Waals surface area contributed by atoms with Gasteiger partial charge in [0, 0.05) is 24.2 Å². The Kier molecular flexibility index (Phi) is 6.56. The molecule has 0 bridgehead atoms. The monoisotopic (exact) mass is 345 g/mol. The molecule has 6 heteroatoms. The summed E-state index contributed by atoms with van der Waals surface area (Å²) in [5.41, 5.74) is 1.33. The third-order valence-corrected chi connectivity index (χ3v) is 4.46. The maximum atomic E-state index is 12.6. The molecule has 2 rings (SSSR count). The number of amides is 3. The van der Waals surface area contributed by atoms with E-state index in [1.807, 2.05) is 13.8 Å². The Morgan fingerprint density at radius 2 is 1.40 bits per heavy atom. The lowest BCUT2D eigenvalue weighted by Crippen LogP contribution is -2.47. The van der Waals surface area contributed by atoms with E-state index in [4.69, 9.17) is 0 Å². The van der Waals surface area contributed by atoms with Crippen LogP contribution in [0.5, 0.6) is 0 Å². The predicted octanol–water partition coefficient (Wildman–Crippen LogP) is 2.91. The minimum Gasteiger partial charge on any atom is -0.344 e. The molecule has 0 saturated heterocycles. The molecule has 1 fully saturated rings. The molecule has 1 aliphatic rings. The molecule has 1 unspecified atom stereocenters. The molecular formula is C19H27N3O3. The molecule has 6 nitrogen and oxygen atoms in total. The molecule has 1 aliphatic carbocycles. The van der Waals surface area contributed by atoms with E-state index >= 15 is 0 Å². The van der Waals surface area contributed by atoms with Crippen LogP contribution < -0.4 is 16.0 Å². The van der Waals surface area contributed by atoms with Gasteiger partial charge in [0.15, 0.2) is 0 Å². The van der Waals surface area contributed by atoms with Crippen LogP contribution in [-0.2, 0) is 14.4 Å². The summed E-state index contributed by atoms with van der Waals surface area (Å²) < 4.78 is 0. The lowest BCUT2D eigenvalue weighted by molar-refractivity contribution is -0.126. The maximum Gasteiger partial charge on any atom is 0.247 e. The van der Waals surface area contributed by atoms with Crippen molar-refractivity contribution in [3.63, 3.8) is 0 Å². The highest BCUT2D eigenvalue weighted by molar-refractivity contribution is 5.97. The summed E-state index contributed by atoms with van der Waals surface area (Å²) in [4.78, 5) is 35.7. The Bertz CT molecular complexity index is 619. The highest BCUT2D eigenvalue weighted by atomic mass is 16.2. The van der Waals surface area contributed by atoms with Crippen LogP contribution in [0.4, 0.5) is 11.4 Å². The Morgan fingerprint density at radius 1 is 0.920 bits per heavy atom. The fourth-order valence-electron chi connectivity index (χ4n) is 3.05. The van der Waals surface area contributed by atoms with Gasteiger partial charge in [0.05, 0.1) is 0 Å². The minimum absolute atomic E-state index is 0.0521. The third kappa shape index (κ3) is 5.59. The molecule has 1 atom stereocenters. The van der Waals surface area contributed by atoms with Crippen molar-refractivity contribution in [3.05, 3.63) is 24.3 Å². The van der Waals surface area contributed by atoms with E-state index in [0.717, 1.165) is 25.7 Å². The van der Waals surface area contributed by atoms with Gasteiger partial charge < -0.3 is 16.0 Å². The van der Waals surface area contributed by atoms with Crippen LogP contribution in [0, 0.1) is 11.8 Å². The van der Waals surface area contributed by atoms with E-state index in [1.165, 1.54) is 6.92 Å². The first-order valence-corrected chi connectivity index (χ1v) is 8.85. The summed E-state index contributed by atoms with van der Waals surface area (Å²) >= 11 is 0. The number of benzene rings is 1. The maximum absolute atomic E-state index is 12.6. The second-order valence-electron chi connectivity index (χ2n) is 6.93. The third-order valence-electron chi connectivity index (χ3n) is 4.46. The summed E-state index contributed by atoms with van der Waals surface area (Å²) in [6, 6.07) is 6.48. The highest BCUT2D eigenvalue weighted by Crippen LogP contribution is 2.28. The summed E-state index contributed by atoms with van der Waals surface area (Å²) in [5, 5.41) is 8.45. The molecule has 0 radical (unpaired) electrons. The predicted molar refractivity (Wildman–Crippen MR) is 98.1 cm³/mol. The van der Waals surface area contributed by atoms with Crippen molar-refractivity contribution >= 4 is 29.1 Å². The van der Waals surface area contributed by atoms with Crippen molar-refractivity contribution in [3.8, 4) is 0 Å². The van der Waals surface area contributed by atoms with Gasteiger partial charge in [0.25, 0.3) is 0 Å². The van der Waals surface area contributed by atoms with Crippen LogP contribution in [-0.4, -0.2) is 23.8 Å². The van der Waals surface area contributed by atoms with E-state index in [0.29, 0.717) is 11.4 Å². The van der Waals surface area contributed by atoms with Gasteiger partial charge in [-0.1, -0.05) is 26.7 Å². The van der Waals surface area contributed by atoms with Crippen molar-refractivity contribution in [2.24, 2.45) is 11.8 Å². The van der Waals surface area contributed by atoms with Gasteiger partial charge in [-0.05, 0) is 43.0 Å². The topological polar surface area (TPSA) is 87.3 Å². The van der Waals surface area contributed by atoms with Gasteiger partial charge in [-0.2, -0.15) is 0 Å². The van der Waals surface area contributed by atoms with Crippen LogP contribution in [0.15, 0.2) is 24.3 Å². The largest absolute Gasteiger partial charge is 0.344 e. The van der Waals surface area contributed by atoms with Crippen molar-refractivity contribution in [1.82, 2.24) is 5.32 Å². The fraction of sp³-hybridized carbons (Fsp3) is 0.526. The van der Waals surface area contributed by atoms with Crippen LogP contribution in [0.2, 0.25) is 0 Å². The van der Waals surface area contributed by atoms with Crippen molar-refractivity contribution in [2.75, 3.05) is 10.6 Å². The summed E-state index contributed by atoms with van der Waals surface area (Å²) in [5.74, 6) is -0.346. The van der Waals surface area contributed by atoms with Crippen LogP contribution >= 0.6 is 0 Å². The van der Waals surface area contributed by atoms with Gasteiger partial charge >= 0.3 is 0 Å². The van der Waals surface area contributed by atoms with Crippen LogP contribution in [0.3, 0.4) is 0 Å². The van der Waals surface area contributed by atoms with Gasteiger partial charge in [0.2, 0.25) is 17.7 Å². The average Bonchev–Trinajstić information content (AvgIpc) is 3.08. The van der Waals surface area contributed by atoms with Crippen LogP contribution in [0.1, 0.15) is 46.5 Å². The summed E-state index contributed by atoms with van der Waals surface area (Å²) in [6.45, 7) is 5.09. The molecule has 0 aromatic heterocycles. The van der Waals surface area contributed by atoms with E-state index in [1.54, 1.807) is 24.3 Å². The van der Waals surface area contributed by atoms with Crippen molar-refractivity contribution in [1.29, 1.82) is 0 Å². The van der Waals surface area contributed by atoms with Crippen molar-refractivity contribution < 1.29 is 14.4 Å². The SMILES string of the molecule is CC(=O)NC(C(=O)Nc1ccc(NC(=O)C(C)C)cc1)C1CCCC1. The molecule has 1 aromatic carbocycles. The van der Waals surface area contributed by atoms with E-state index in [-0.39, 0.29) is 29.6 Å². The molecule has 3 N–H and O–H groups in total. The fourth-order valence-corrected chi connectivity index (χ4v) is 3.05. The molecule has 3 amide bonds. The number of rotatable bonds is 6. The molecule has 136 valence electrons. The Morgan fingerprint density at radius 3 is 1.84 bits per heavy atom. The first-order valence-electron chi connectivity index (χ1n) is 8.85. The summed E-state index contributed by atoms with van der Waals surface area (Å²) in [7, 11) is 0. The lowest BCUT2D eigenvalue weighted by Gasteiger charge is -2.23. The number of carbonyl (C=O) groups excluding carboxylic acids is 3. The van der Waals surface area contributed by atoms with Gasteiger partial charge in [-0.15, -0.1) is 0 Å². The van der Waals surface area contributed by atoms with E-state index in [9.17, 15) is 14.4 Å². The molecule has 0 heterocycles. The van der Waals surface area contributed by atoms with Gasteiger partial charge in [-0.25, -0.2) is 0 Å². The zero-order chi connectivity index (χ0) is 18.4. The molecular weight excluding hydrogens is 318 g/mol. The number of hydrogen-bond donors (Lipinski definition) is 3. The second kappa shape index (κ2) is 8.65. The zero-order valence-electron chi connectivity index (χ0n) is 15.1. The zero-order valence-corrected chi connectivity index (χ0v) is 15.1. The van der Waals surface area contributed by atoms with Crippen LogP contribution in [0.25, 0.3) is 0 Å². The molecule has 0 spiro atoms. The number of anilines is 2. The molecule has 1 saturated carbocycles. The number of hydrogen-bond acceptors (Lipinski definition) is 3. The minimum atomic E-state index is -0.500. The highest BCUT2D eigenvalue weighted by Gasteiger charge is 2.31. The molecule has 25 heavy (non-hydrogen) atoms. The van der Waals surface area contributed by atoms with Gasteiger partial charge in [0.1, 0.15) is 6.04 Å². The Labute approximate surface area is 148 Å². The Balaban J connectivity index is 2.00. The normalized spacial score (nSPS) is 15.7. The average molecular weight is 345 g/mol. The van der Waals surface area contributed by atoms with Gasteiger partial charge in [-0.3, -0.25) is 14.4 Å². The molecule has 0 aliphatic heterocycles. The summed E-state index contributed by atoms with van der Waals surface area (Å²) in [6.07, 6.45) is 4.10. The Hall–Kier alpha value is -2.37. The smallest absolute Gasteiger partial charge is 0.247 e. The standard InChI is InChI=1S/C19H27N3O3/c1-12(2)18(24)21-15-8-10-16(11-9-15)22-19(25)17(20-13(3)23)14-6-4-5-7-14/h8-12,14,17H,4-7H2,1-3H3,(H,20,23)(H,21,24)(H,22,25). The first-order chi connectivity index (χ1) is 11.9. The van der Waals surface area contributed by atoms with Crippen molar-refractivity contribution in [2.45, 2.75) is 52.5 Å². The lowest BCUT2D eigenvalue weighted by atomic mass is 9.97.